The fraction of sp³-hybridized carbons (Fsp3) is 0.450. The fourth-order valence-corrected chi connectivity index (χ4v) is 3.36. The first-order chi connectivity index (χ1) is 12.9. The monoisotopic (exact) mass is 368 g/mol. The minimum Gasteiger partial charge on any atom is -0.490 e. The maximum absolute atomic E-state index is 11.7. The van der Waals surface area contributed by atoms with E-state index in [1.165, 1.54) is 6.20 Å². The maximum atomic E-state index is 11.7. The number of amides is 1. The second-order valence-corrected chi connectivity index (χ2v) is 7.05. The molecule has 2 atom stereocenters. The number of ether oxygens (including phenoxy) is 2. The number of hydrogen-bond acceptors (Lipinski definition) is 6. The molecule has 1 aliphatic heterocycles. The van der Waals surface area contributed by atoms with E-state index in [2.05, 4.69) is 23.3 Å². The van der Waals surface area contributed by atoms with Crippen LogP contribution in [0.1, 0.15) is 39.2 Å². The van der Waals surface area contributed by atoms with E-state index in [1.807, 2.05) is 13.8 Å². The van der Waals surface area contributed by atoms with Gasteiger partial charge in [0.2, 0.25) is 11.8 Å². The van der Waals surface area contributed by atoms with Crippen molar-refractivity contribution in [2.45, 2.75) is 45.8 Å². The number of nitrogens with two attached hydrogens (primary N) is 1. The summed E-state index contributed by atoms with van der Waals surface area (Å²) in [6.07, 6.45) is 2.87. The summed E-state index contributed by atoms with van der Waals surface area (Å²) >= 11 is 0. The summed E-state index contributed by atoms with van der Waals surface area (Å²) in [6, 6.07) is 5.55. The van der Waals surface area contributed by atoms with Crippen molar-refractivity contribution < 1.29 is 14.3 Å². The van der Waals surface area contributed by atoms with Gasteiger partial charge >= 0.3 is 0 Å². The molecule has 0 radical (unpaired) electrons. The molecule has 3 N–H and O–H groups in total. The number of rotatable bonds is 6. The van der Waals surface area contributed by atoms with Crippen LogP contribution < -0.4 is 20.5 Å². The van der Waals surface area contributed by atoms with Crippen molar-refractivity contribution >= 4 is 22.4 Å². The molecule has 142 valence electrons. The molecule has 0 aliphatic carbocycles. The smallest absolute Gasteiger partial charge is 0.221 e. The van der Waals surface area contributed by atoms with Crippen molar-refractivity contribution in [3.8, 4) is 17.7 Å². The van der Waals surface area contributed by atoms with E-state index in [4.69, 9.17) is 15.2 Å². The Hall–Kier alpha value is -3.01. The molecule has 0 spiro atoms. The Morgan fingerprint density at radius 3 is 2.85 bits per heavy atom. The van der Waals surface area contributed by atoms with Crippen molar-refractivity contribution in [3.05, 3.63) is 23.9 Å². The predicted octanol–water partition coefficient (Wildman–Crippen LogP) is 2.77. The highest BCUT2D eigenvalue weighted by molar-refractivity contribution is 5.97. The van der Waals surface area contributed by atoms with Gasteiger partial charge < -0.3 is 20.5 Å². The number of anilines is 1. The summed E-state index contributed by atoms with van der Waals surface area (Å²) in [4.78, 5) is 16.0. The first-order valence-electron chi connectivity index (χ1n) is 9.14. The van der Waals surface area contributed by atoms with Gasteiger partial charge in [0, 0.05) is 17.2 Å². The van der Waals surface area contributed by atoms with Crippen molar-refractivity contribution in [3.63, 3.8) is 0 Å². The molecule has 1 aromatic carbocycles. The highest BCUT2D eigenvalue weighted by Gasteiger charge is 2.31. The molecule has 7 nitrogen and oxygen atoms in total. The zero-order valence-corrected chi connectivity index (χ0v) is 15.8. The van der Waals surface area contributed by atoms with Gasteiger partial charge in [0.1, 0.15) is 18.4 Å². The van der Waals surface area contributed by atoms with Gasteiger partial charge in [0.05, 0.1) is 29.6 Å². The average molecular weight is 368 g/mol. The van der Waals surface area contributed by atoms with E-state index in [0.29, 0.717) is 46.7 Å². The third-order valence-electron chi connectivity index (χ3n) is 4.75. The zero-order chi connectivity index (χ0) is 19.6. The van der Waals surface area contributed by atoms with Crippen LogP contribution in [0.4, 0.5) is 5.69 Å². The first-order valence-corrected chi connectivity index (χ1v) is 9.14. The number of benzene rings is 1. The highest BCUT2D eigenvalue weighted by Crippen LogP contribution is 2.34. The van der Waals surface area contributed by atoms with E-state index in [9.17, 15) is 10.1 Å². The molecule has 2 heterocycles. The molecule has 1 fully saturated rings. The van der Waals surface area contributed by atoms with Gasteiger partial charge in [-0.05, 0) is 31.9 Å². The molecule has 3 rings (SSSR count). The molecule has 0 bridgehead atoms. The number of nitrogens with zero attached hydrogens (tertiary/aromatic N) is 2. The van der Waals surface area contributed by atoms with E-state index < -0.39 is 0 Å². The van der Waals surface area contributed by atoms with Crippen molar-refractivity contribution in [2.24, 2.45) is 5.92 Å². The summed E-state index contributed by atoms with van der Waals surface area (Å²) in [5.74, 6) is 1.19. The number of nitrogens with one attached hydrogen (secondary N) is 1. The summed E-state index contributed by atoms with van der Waals surface area (Å²) in [7, 11) is 0. The van der Waals surface area contributed by atoms with Crippen LogP contribution in [0.25, 0.3) is 10.8 Å². The molecule has 2 unspecified atom stereocenters. The lowest BCUT2D eigenvalue weighted by Gasteiger charge is -2.19. The minimum atomic E-state index is -0.0769. The van der Waals surface area contributed by atoms with Gasteiger partial charge in [-0.15, -0.1) is 0 Å². The Kier molecular flexibility index (Phi) is 5.36. The molecule has 1 aliphatic rings. The number of carbonyl (C=O) groups is 1. The minimum absolute atomic E-state index is 0.0401. The first kappa shape index (κ1) is 18.8. The Labute approximate surface area is 158 Å². The number of fused-ring (bicyclic) bond motifs is 1. The molecular formula is C20H24N4O3. The number of nitriles is 1. The van der Waals surface area contributed by atoms with Gasteiger partial charge in [0.25, 0.3) is 0 Å². The second kappa shape index (κ2) is 7.70. The van der Waals surface area contributed by atoms with Crippen molar-refractivity contribution in [2.75, 3.05) is 12.3 Å². The fourth-order valence-electron chi connectivity index (χ4n) is 3.36. The number of nitrogen functional groups attached to an aromatic ring is 1. The number of carbonyl (C=O) groups excluding carboxylic acids is 1. The SMILES string of the molecule is CCC1CC(=O)NC1COc1ncc(N)c2cc(C#N)c(OC(C)C)cc12. The average Bonchev–Trinajstić information content (AvgIpc) is 3.00. The lowest BCUT2D eigenvalue weighted by Crippen LogP contribution is -2.34. The Bertz CT molecular complexity index is 904. The van der Waals surface area contributed by atoms with Crippen molar-refractivity contribution in [1.82, 2.24) is 10.3 Å². The van der Waals surface area contributed by atoms with Crippen LogP contribution in [0.15, 0.2) is 18.3 Å². The van der Waals surface area contributed by atoms with Gasteiger partial charge in [-0.1, -0.05) is 13.3 Å². The van der Waals surface area contributed by atoms with Crippen LogP contribution >= 0.6 is 0 Å². The van der Waals surface area contributed by atoms with Crippen LogP contribution in [0.2, 0.25) is 0 Å². The van der Waals surface area contributed by atoms with Crippen LogP contribution in [0, 0.1) is 17.2 Å². The topological polar surface area (TPSA) is 110 Å². The summed E-state index contributed by atoms with van der Waals surface area (Å²) in [5, 5.41) is 13.7. The summed E-state index contributed by atoms with van der Waals surface area (Å²) in [6.45, 7) is 6.19. The summed E-state index contributed by atoms with van der Waals surface area (Å²) < 4.78 is 11.7. The van der Waals surface area contributed by atoms with Crippen LogP contribution in [0.3, 0.4) is 0 Å². The number of pyridine rings is 1. The van der Waals surface area contributed by atoms with Gasteiger partial charge in [-0.2, -0.15) is 5.26 Å². The third kappa shape index (κ3) is 3.90. The van der Waals surface area contributed by atoms with Gasteiger partial charge in [-0.25, -0.2) is 4.98 Å². The number of hydrogen-bond donors (Lipinski definition) is 2. The molecule has 27 heavy (non-hydrogen) atoms. The molecule has 2 aromatic rings. The standard InChI is InChI=1S/C20H24N4O3/c1-4-12-6-19(25)24-17(12)10-26-20-15-7-18(27-11(2)3)13(8-21)5-14(15)16(22)9-23-20/h5,7,9,11-12,17H,4,6,10,22H2,1-3H3,(H,24,25). The van der Waals surface area contributed by atoms with Crippen LogP contribution in [-0.4, -0.2) is 29.6 Å². The van der Waals surface area contributed by atoms with Gasteiger partial charge in [-0.3, -0.25) is 4.79 Å². The van der Waals surface area contributed by atoms with E-state index in [-0.39, 0.29) is 24.0 Å². The van der Waals surface area contributed by atoms with E-state index >= 15 is 0 Å². The highest BCUT2D eigenvalue weighted by atomic mass is 16.5. The molecule has 0 saturated carbocycles. The number of aromatic nitrogens is 1. The van der Waals surface area contributed by atoms with E-state index in [0.717, 1.165) is 6.42 Å². The lowest BCUT2D eigenvalue weighted by atomic mass is 9.98. The normalized spacial score (nSPS) is 19.1. The predicted molar refractivity (Wildman–Crippen MR) is 102 cm³/mol. The lowest BCUT2D eigenvalue weighted by molar-refractivity contribution is -0.119. The van der Waals surface area contributed by atoms with Gasteiger partial charge in [0.15, 0.2) is 0 Å². The Morgan fingerprint density at radius 1 is 1.41 bits per heavy atom. The molecular weight excluding hydrogens is 344 g/mol. The largest absolute Gasteiger partial charge is 0.490 e. The zero-order valence-electron chi connectivity index (χ0n) is 15.8. The molecule has 1 saturated heterocycles. The second-order valence-electron chi connectivity index (χ2n) is 7.05. The molecule has 7 heteroatoms. The van der Waals surface area contributed by atoms with Crippen molar-refractivity contribution in [1.29, 1.82) is 5.26 Å². The Morgan fingerprint density at radius 2 is 2.19 bits per heavy atom. The van der Waals surface area contributed by atoms with E-state index in [1.54, 1.807) is 12.1 Å². The Balaban J connectivity index is 1.94. The third-order valence-corrected chi connectivity index (χ3v) is 4.75. The molecule has 1 amide bonds. The van der Waals surface area contributed by atoms with Crippen LogP contribution in [-0.2, 0) is 4.79 Å². The van der Waals surface area contributed by atoms with Crippen LogP contribution in [0.5, 0.6) is 11.6 Å². The molecule has 1 aromatic heterocycles. The maximum Gasteiger partial charge on any atom is 0.221 e. The summed E-state index contributed by atoms with van der Waals surface area (Å²) in [5.41, 5.74) is 6.93. The quantitative estimate of drug-likeness (QED) is 0.811.